The molecule has 20 heavy (non-hydrogen) atoms. The van der Waals surface area contributed by atoms with Gasteiger partial charge in [0.15, 0.2) is 15.6 Å². The molecule has 0 fully saturated rings. The molecule has 6 heteroatoms. The van der Waals surface area contributed by atoms with Gasteiger partial charge in [-0.1, -0.05) is 13.0 Å². The molecule has 0 aliphatic carbocycles. The smallest absolute Gasteiger partial charge is 0.180 e. The molecule has 0 radical (unpaired) electrons. The van der Waals surface area contributed by atoms with Crippen LogP contribution in [0.4, 0.5) is 0 Å². The summed E-state index contributed by atoms with van der Waals surface area (Å²) in [6.45, 7) is 2.54. The first-order valence-corrected chi connectivity index (χ1v) is 8.42. The summed E-state index contributed by atoms with van der Waals surface area (Å²) in [6.07, 6.45) is 3.44. The van der Waals surface area contributed by atoms with Gasteiger partial charge in [-0.3, -0.25) is 4.79 Å². The molecule has 0 amide bonds. The minimum Gasteiger partial charge on any atom is -0.493 e. The number of aromatic amines is 1. The Labute approximate surface area is 117 Å². The standard InChI is InChI=1S/C14H17NO4S/c1-3-7-19-13-6-4-5-11-14(13)10(8-15-11)12(16)9-20(2,17)18/h4-6,8,15H,3,7,9H2,1-2H3. The number of sulfone groups is 1. The fourth-order valence-corrected chi connectivity index (χ4v) is 2.65. The summed E-state index contributed by atoms with van der Waals surface area (Å²) >= 11 is 0. The van der Waals surface area contributed by atoms with Crippen LogP contribution in [0.25, 0.3) is 10.9 Å². The Balaban J connectivity index is 2.46. The third-order valence-electron chi connectivity index (χ3n) is 2.82. The summed E-state index contributed by atoms with van der Waals surface area (Å²) in [4.78, 5) is 15.1. The second-order valence-electron chi connectivity index (χ2n) is 4.72. The summed E-state index contributed by atoms with van der Waals surface area (Å²) in [5.74, 6) is -0.323. The number of carbonyl (C=O) groups is 1. The highest BCUT2D eigenvalue weighted by atomic mass is 32.2. The fourth-order valence-electron chi connectivity index (χ4n) is 2.02. The molecular formula is C14H17NO4S. The minimum atomic E-state index is -3.35. The summed E-state index contributed by atoms with van der Waals surface area (Å²) < 4.78 is 28.2. The summed E-state index contributed by atoms with van der Waals surface area (Å²) in [6, 6.07) is 5.43. The molecule has 108 valence electrons. The van der Waals surface area contributed by atoms with Gasteiger partial charge in [0.05, 0.1) is 12.0 Å². The van der Waals surface area contributed by atoms with E-state index in [9.17, 15) is 13.2 Å². The Morgan fingerprint density at radius 2 is 2.10 bits per heavy atom. The number of aromatic nitrogens is 1. The van der Waals surface area contributed by atoms with Crippen LogP contribution in [0, 0.1) is 0 Å². The first-order valence-electron chi connectivity index (χ1n) is 6.36. The van der Waals surface area contributed by atoms with Crippen molar-refractivity contribution in [2.75, 3.05) is 18.6 Å². The van der Waals surface area contributed by atoms with Crippen molar-refractivity contribution in [2.45, 2.75) is 13.3 Å². The lowest BCUT2D eigenvalue weighted by atomic mass is 10.1. The molecule has 1 aromatic heterocycles. The van der Waals surface area contributed by atoms with Crippen LogP contribution in [-0.4, -0.2) is 37.8 Å². The Bertz CT molecular complexity index is 731. The number of ether oxygens (including phenoxy) is 1. The quantitative estimate of drug-likeness (QED) is 0.829. The Morgan fingerprint density at radius 1 is 1.35 bits per heavy atom. The third kappa shape index (κ3) is 3.19. The van der Waals surface area contributed by atoms with E-state index in [-0.39, 0.29) is 0 Å². The number of H-pyrrole nitrogens is 1. The average molecular weight is 295 g/mol. The monoisotopic (exact) mass is 295 g/mol. The molecule has 2 aromatic rings. The number of benzene rings is 1. The lowest BCUT2D eigenvalue weighted by Crippen LogP contribution is -2.14. The topological polar surface area (TPSA) is 76.2 Å². The molecule has 0 aliphatic heterocycles. The van der Waals surface area contributed by atoms with Crippen molar-refractivity contribution in [3.05, 3.63) is 30.0 Å². The van der Waals surface area contributed by atoms with Crippen LogP contribution in [0.3, 0.4) is 0 Å². The molecule has 0 unspecified atom stereocenters. The van der Waals surface area contributed by atoms with Crippen molar-refractivity contribution in [1.82, 2.24) is 4.98 Å². The zero-order chi connectivity index (χ0) is 14.8. The van der Waals surface area contributed by atoms with E-state index in [4.69, 9.17) is 4.74 Å². The molecule has 0 spiro atoms. The highest BCUT2D eigenvalue weighted by molar-refractivity contribution is 7.91. The highest BCUT2D eigenvalue weighted by Crippen LogP contribution is 2.29. The van der Waals surface area contributed by atoms with Crippen LogP contribution in [0.2, 0.25) is 0 Å². The van der Waals surface area contributed by atoms with Crippen molar-refractivity contribution >= 4 is 26.5 Å². The molecule has 1 aromatic carbocycles. The van der Waals surface area contributed by atoms with Crippen molar-refractivity contribution < 1.29 is 17.9 Å². The molecule has 0 aliphatic rings. The first kappa shape index (κ1) is 14.6. The second kappa shape index (κ2) is 5.66. The van der Waals surface area contributed by atoms with Gasteiger partial charge in [-0.2, -0.15) is 0 Å². The number of nitrogens with one attached hydrogen (secondary N) is 1. The number of rotatable bonds is 6. The van der Waals surface area contributed by atoms with Crippen LogP contribution in [0.15, 0.2) is 24.4 Å². The SMILES string of the molecule is CCCOc1cccc2[nH]cc(C(=O)CS(C)(=O)=O)c12. The van der Waals surface area contributed by atoms with E-state index < -0.39 is 21.4 Å². The number of carbonyl (C=O) groups excluding carboxylic acids is 1. The van der Waals surface area contributed by atoms with Gasteiger partial charge in [0, 0.05) is 23.5 Å². The summed E-state index contributed by atoms with van der Waals surface area (Å²) in [7, 11) is -3.35. The van der Waals surface area contributed by atoms with Gasteiger partial charge in [-0.25, -0.2) is 8.42 Å². The van der Waals surface area contributed by atoms with E-state index in [0.717, 1.165) is 18.2 Å². The molecule has 0 saturated carbocycles. The molecule has 5 nitrogen and oxygen atoms in total. The Hall–Kier alpha value is -1.82. The second-order valence-corrected chi connectivity index (χ2v) is 6.86. The summed E-state index contributed by atoms with van der Waals surface area (Å²) in [5, 5.41) is 0.648. The van der Waals surface area contributed by atoms with Crippen molar-refractivity contribution in [2.24, 2.45) is 0 Å². The molecule has 1 heterocycles. The van der Waals surface area contributed by atoms with E-state index in [0.29, 0.717) is 23.3 Å². The van der Waals surface area contributed by atoms with Crippen LogP contribution in [0.1, 0.15) is 23.7 Å². The van der Waals surface area contributed by atoms with Gasteiger partial charge >= 0.3 is 0 Å². The first-order chi connectivity index (χ1) is 9.42. The van der Waals surface area contributed by atoms with Crippen LogP contribution in [0.5, 0.6) is 5.75 Å². The Kier molecular flexibility index (Phi) is 4.13. The number of fused-ring (bicyclic) bond motifs is 1. The predicted molar refractivity (Wildman–Crippen MR) is 78.1 cm³/mol. The Morgan fingerprint density at radius 3 is 2.75 bits per heavy atom. The molecule has 0 atom stereocenters. The number of hydrogen-bond donors (Lipinski definition) is 1. The lowest BCUT2D eigenvalue weighted by Gasteiger charge is -2.07. The maximum absolute atomic E-state index is 12.1. The summed E-state index contributed by atoms with van der Waals surface area (Å²) in [5.41, 5.74) is 1.12. The normalized spacial score (nSPS) is 11.7. The third-order valence-corrected chi connectivity index (χ3v) is 3.61. The molecular weight excluding hydrogens is 278 g/mol. The van der Waals surface area contributed by atoms with Gasteiger partial charge in [0.25, 0.3) is 0 Å². The van der Waals surface area contributed by atoms with E-state index in [1.54, 1.807) is 6.07 Å². The van der Waals surface area contributed by atoms with Gasteiger partial charge in [0.1, 0.15) is 11.5 Å². The van der Waals surface area contributed by atoms with Gasteiger partial charge in [-0.05, 0) is 18.6 Å². The molecule has 1 N–H and O–H groups in total. The number of Topliss-reactive ketones (excluding diaryl/α,β-unsaturated/α-hetero) is 1. The average Bonchev–Trinajstić information content (AvgIpc) is 2.78. The maximum Gasteiger partial charge on any atom is 0.180 e. The van der Waals surface area contributed by atoms with E-state index >= 15 is 0 Å². The van der Waals surface area contributed by atoms with Crippen molar-refractivity contribution in [3.8, 4) is 5.75 Å². The van der Waals surface area contributed by atoms with Crippen LogP contribution in [-0.2, 0) is 9.84 Å². The van der Waals surface area contributed by atoms with E-state index in [1.165, 1.54) is 6.20 Å². The maximum atomic E-state index is 12.1. The van der Waals surface area contributed by atoms with Gasteiger partial charge < -0.3 is 9.72 Å². The van der Waals surface area contributed by atoms with Crippen LogP contribution < -0.4 is 4.74 Å². The van der Waals surface area contributed by atoms with Gasteiger partial charge in [-0.15, -0.1) is 0 Å². The number of ketones is 1. The predicted octanol–water partition coefficient (Wildman–Crippen LogP) is 2.18. The molecule has 2 rings (SSSR count). The van der Waals surface area contributed by atoms with Crippen LogP contribution >= 0.6 is 0 Å². The molecule has 0 bridgehead atoms. The fraction of sp³-hybridized carbons (Fsp3) is 0.357. The van der Waals surface area contributed by atoms with Gasteiger partial charge in [0.2, 0.25) is 0 Å². The molecule has 0 saturated heterocycles. The van der Waals surface area contributed by atoms with E-state index in [2.05, 4.69) is 4.98 Å². The van der Waals surface area contributed by atoms with E-state index in [1.807, 2.05) is 19.1 Å². The minimum absolute atomic E-state index is 0.358. The largest absolute Gasteiger partial charge is 0.493 e. The lowest BCUT2D eigenvalue weighted by molar-refractivity contribution is 0.102. The highest BCUT2D eigenvalue weighted by Gasteiger charge is 2.19. The van der Waals surface area contributed by atoms with Crippen molar-refractivity contribution in [1.29, 1.82) is 0 Å². The zero-order valence-electron chi connectivity index (χ0n) is 11.5. The van der Waals surface area contributed by atoms with Crippen molar-refractivity contribution in [3.63, 3.8) is 0 Å². The zero-order valence-corrected chi connectivity index (χ0v) is 12.3. The number of hydrogen-bond acceptors (Lipinski definition) is 4.